The van der Waals surface area contributed by atoms with Gasteiger partial charge in [0.25, 0.3) is 0 Å². The van der Waals surface area contributed by atoms with Crippen molar-refractivity contribution >= 4 is 52.2 Å². The van der Waals surface area contributed by atoms with Gasteiger partial charge in [0.15, 0.2) is 5.78 Å². The Balaban J connectivity index is 1.41. The van der Waals surface area contributed by atoms with E-state index in [9.17, 15) is 19.1 Å². The van der Waals surface area contributed by atoms with Crippen LogP contribution in [0.1, 0.15) is 27.0 Å². The monoisotopic (exact) mass is 503 g/mol. The summed E-state index contributed by atoms with van der Waals surface area (Å²) in [6.07, 6.45) is 5.55. The minimum atomic E-state index is -0.899. The molecule has 3 aromatic rings. The lowest BCUT2D eigenvalue weighted by molar-refractivity contribution is -0.141. The number of hydrogen-bond donors (Lipinski definition) is 1. The van der Waals surface area contributed by atoms with Crippen molar-refractivity contribution in [3.05, 3.63) is 118 Å². The predicted octanol–water partition coefficient (Wildman–Crippen LogP) is 6.09. The van der Waals surface area contributed by atoms with Gasteiger partial charge in [0, 0.05) is 16.9 Å². The van der Waals surface area contributed by atoms with Crippen molar-refractivity contribution in [2.75, 3.05) is 6.54 Å². The van der Waals surface area contributed by atoms with Crippen LogP contribution in [0.4, 0.5) is 4.39 Å². The Kier molecular flexibility index (Phi) is 7.90. The van der Waals surface area contributed by atoms with Crippen molar-refractivity contribution in [1.82, 2.24) is 4.90 Å². The molecule has 7 heteroatoms. The number of halogens is 1. The number of allylic oxidation sites excluding steroid dienone is 1. The first-order valence-corrected chi connectivity index (χ1v) is 12.2. The minimum Gasteiger partial charge on any atom is -0.480 e. The third-order valence-corrected chi connectivity index (χ3v) is 6.94. The summed E-state index contributed by atoms with van der Waals surface area (Å²) in [6, 6.07) is 21.9. The second-order valence-corrected chi connectivity index (χ2v) is 9.78. The SMILES string of the molecule is O=C(/C=C/c1ccc(/C=C2/CN([C@@H](Cc3ccccc3)C(=O)O)C(=S)S2)cc1)c1ccc(F)cc1. The molecular formula is C28H22FNO3S2. The number of carbonyl (C=O) groups excluding carboxylic acids is 1. The summed E-state index contributed by atoms with van der Waals surface area (Å²) in [7, 11) is 0. The van der Waals surface area contributed by atoms with E-state index in [1.807, 2.05) is 60.7 Å². The molecule has 0 aromatic heterocycles. The molecule has 0 bridgehead atoms. The molecule has 4 rings (SSSR count). The lowest BCUT2D eigenvalue weighted by Gasteiger charge is -2.25. The van der Waals surface area contributed by atoms with Crippen molar-refractivity contribution in [3.63, 3.8) is 0 Å². The van der Waals surface area contributed by atoms with Crippen LogP contribution in [0.15, 0.2) is 89.8 Å². The summed E-state index contributed by atoms with van der Waals surface area (Å²) in [4.78, 5) is 26.9. The normalized spacial score (nSPS) is 15.6. The van der Waals surface area contributed by atoms with Gasteiger partial charge in [-0.3, -0.25) is 4.79 Å². The Hall–Kier alpha value is -3.55. The van der Waals surface area contributed by atoms with Crippen LogP contribution in [0.2, 0.25) is 0 Å². The molecule has 0 aliphatic carbocycles. The summed E-state index contributed by atoms with van der Waals surface area (Å²) in [5.41, 5.74) is 3.18. The minimum absolute atomic E-state index is 0.198. The molecule has 1 aliphatic heterocycles. The molecule has 4 nitrogen and oxygen atoms in total. The molecule has 0 saturated carbocycles. The van der Waals surface area contributed by atoms with E-state index in [1.165, 1.54) is 42.1 Å². The maximum absolute atomic E-state index is 13.0. The maximum atomic E-state index is 13.0. The largest absolute Gasteiger partial charge is 0.480 e. The highest BCUT2D eigenvalue weighted by Gasteiger charge is 2.33. The molecule has 1 saturated heterocycles. The van der Waals surface area contributed by atoms with Crippen molar-refractivity contribution in [2.45, 2.75) is 12.5 Å². The highest BCUT2D eigenvalue weighted by atomic mass is 32.2. The van der Waals surface area contributed by atoms with Crippen LogP contribution in [-0.4, -0.2) is 38.7 Å². The summed E-state index contributed by atoms with van der Waals surface area (Å²) < 4.78 is 13.6. The van der Waals surface area contributed by atoms with E-state index in [4.69, 9.17) is 12.2 Å². The fourth-order valence-electron chi connectivity index (χ4n) is 3.69. The molecule has 3 aromatic carbocycles. The van der Waals surface area contributed by atoms with Gasteiger partial charge in [0.05, 0.1) is 6.54 Å². The van der Waals surface area contributed by atoms with Gasteiger partial charge in [-0.05, 0) is 53.1 Å². The number of carbonyl (C=O) groups is 2. The first-order chi connectivity index (χ1) is 16.9. The van der Waals surface area contributed by atoms with E-state index in [0.717, 1.165) is 21.6 Å². The molecule has 35 heavy (non-hydrogen) atoms. The smallest absolute Gasteiger partial charge is 0.326 e. The van der Waals surface area contributed by atoms with Gasteiger partial charge in [0.2, 0.25) is 0 Å². The number of aliphatic carboxylic acids is 1. The van der Waals surface area contributed by atoms with Crippen LogP contribution in [-0.2, 0) is 11.2 Å². The first kappa shape index (κ1) is 24.6. The van der Waals surface area contributed by atoms with E-state index in [0.29, 0.717) is 22.8 Å². The molecule has 0 unspecified atom stereocenters. The highest BCUT2D eigenvalue weighted by Crippen LogP contribution is 2.33. The molecule has 176 valence electrons. The van der Waals surface area contributed by atoms with Gasteiger partial charge < -0.3 is 10.0 Å². The highest BCUT2D eigenvalue weighted by molar-refractivity contribution is 8.25. The van der Waals surface area contributed by atoms with Crippen LogP contribution in [0.3, 0.4) is 0 Å². The van der Waals surface area contributed by atoms with Gasteiger partial charge in [-0.25, -0.2) is 9.18 Å². The average Bonchev–Trinajstić information content (AvgIpc) is 3.22. The lowest BCUT2D eigenvalue weighted by Crippen LogP contribution is -2.42. The second kappa shape index (κ2) is 11.3. The van der Waals surface area contributed by atoms with E-state index in [2.05, 4.69) is 0 Å². The number of hydrogen-bond acceptors (Lipinski definition) is 4. The Morgan fingerprint density at radius 3 is 2.31 bits per heavy atom. The lowest BCUT2D eigenvalue weighted by atomic mass is 10.0. The zero-order valence-electron chi connectivity index (χ0n) is 18.6. The fourth-order valence-corrected chi connectivity index (χ4v) is 5.13. The van der Waals surface area contributed by atoms with Crippen LogP contribution in [0.25, 0.3) is 12.2 Å². The molecule has 1 N–H and O–H groups in total. The van der Waals surface area contributed by atoms with Gasteiger partial charge in [-0.2, -0.15) is 0 Å². The van der Waals surface area contributed by atoms with Crippen LogP contribution >= 0.6 is 24.0 Å². The third-order valence-electron chi connectivity index (χ3n) is 5.53. The van der Waals surface area contributed by atoms with Crippen LogP contribution in [0, 0.1) is 5.82 Å². The van der Waals surface area contributed by atoms with E-state index >= 15 is 0 Å². The standard InChI is InChI=1S/C28H22FNO3S2/c29-23-13-11-22(12-14-23)26(31)15-10-19-6-8-21(9-7-19)16-24-18-30(28(34)35-24)25(27(32)33)17-20-4-2-1-3-5-20/h1-16,25H,17-18H2,(H,32,33)/b15-10+,24-16-/t25-/m0/s1. The Morgan fingerprint density at radius 1 is 1.00 bits per heavy atom. The zero-order valence-corrected chi connectivity index (χ0v) is 20.3. The molecule has 1 atom stereocenters. The number of nitrogens with zero attached hydrogens (tertiary/aromatic N) is 1. The molecular weight excluding hydrogens is 481 g/mol. The number of thioether (sulfide) groups is 1. The number of carboxylic acid groups (broad SMARTS) is 1. The number of benzene rings is 3. The number of thiocarbonyl (C=S) groups is 1. The number of rotatable bonds is 8. The average molecular weight is 504 g/mol. The molecule has 1 fully saturated rings. The van der Waals surface area contributed by atoms with Crippen molar-refractivity contribution in [2.24, 2.45) is 0 Å². The summed E-state index contributed by atoms with van der Waals surface area (Å²) in [5.74, 6) is -1.48. The Labute approximate surface area is 212 Å². The van der Waals surface area contributed by atoms with Crippen molar-refractivity contribution in [3.8, 4) is 0 Å². The second-order valence-electron chi connectivity index (χ2n) is 8.02. The van der Waals surface area contributed by atoms with Crippen LogP contribution in [0.5, 0.6) is 0 Å². The molecule has 1 heterocycles. The topological polar surface area (TPSA) is 57.6 Å². The zero-order chi connectivity index (χ0) is 24.8. The van der Waals surface area contributed by atoms with Gasteiger partial charge >= 0.3 is 5.97 Å². The quantitative estimate of drug-likeness (QED) is 0.228. The Morgan fingerprint density at radius 2 is 1.66 bits per heavy atom. The fraction of sp³-hybridized carbons (Fsp3) is 0.107. The van der Waals surface area contributed by atoms with E-state index in [1.54, 1.807) is 11.0 Å². The molecule has 0 spiro atoms. The van der Waals surface area contributed by atoms with Crippen LogP contribution < -0.4 is 0 Å². The van der Waals surface area contributed by atoms with E-state index in [-0.39, 0.29) is 11.6 Å². The van der Waals surface area contributed by atoms with Gasteiger partial charge in [-0.15, -0.1) is 0 Å². The van der Waals surface area contributed by atoms with Crippen molar-refractivity contribution < 1.29 is 19.1 Å². The first-order valence-electron chi connectivity index (χ1n) is 10.9. The van der Waals surface area contributed by atoms with Gasteiger partial charge in [0.1, 0.15) is 16.2 Å². The summed E-state index contributed by atoms with van der Waals surface area (Å²) in [5, 5.41) is 9.82. The number of carboxylic acids is 1. The Bertz CT molecular complexity index is 1290. The predicted molar refractivity (Wildman–Crippen MR) is 143 cm³/mol. The number of ketones is 1. The summed E-state index contributed by atoms with van der Waals surface area (Å²) >= 11 is 6.91. The molecule has 1 aliphatic rings. The third kappa shape index (κ3) is 6.53. The summed E-state index contributed by atoms with van der Waals surface area (Å²) in [6.45, 7) is 0.446. The van der Waals surface area contributed by atoms with E-state index < -0.39 is 12.0 Å². The molecule has 0 radical (unpaired) electrons. The molecule has 0 amide bonds. The van der Waals surface area contributed by atoms with Crippen molar-refractivity contribution in [1.29, 1.82) is 0 Å². The maximum Gasteiger partial charge on any atom is 0.326 e. The van der Waals surface area contributed by atoms with Gasteiger partial charge in [-0.1, -0.05) is 84.7 Å².